The lowest BCUT2D eigenvalue weighted by molar-refractivity contribution is -0.116. The third-order valence-electron chi connectivity index (χ3n) is 3.14. The summed E-state index contributed by atoms with van der Waals surface area (Å²) in [6, 6.07) is 2.04. The van der Waals surface area contributed by atoms with E-state index in [0.717, 1.165) is 16.8 Å². The summed E-state index contributed by atoms with van der Waals surface area (Å²) in [6.07, 6.45) is 0.353. The van der Waals surface area contributed by atoms with Crippen molar-refractivity contribution in [3.05, 3.63) is 28.3 Å². The predicted octanol–water partition coefficient (Wildman–Crippen LogP) is 2.60. The minimum atomic E-state index is -0.110. The number of aryl methyl sites for hydroxylation is 2. The van der Waals surface area contributed by atoms with E-state index in [2.05, 4.69) is 25.2 Å². The average molecular weight is 234 g/mol. The Labute approximate surface area is 103 Å². The van der Waals surface area contributed by atoms with Gasteiger partial charge in [0.1, 0.15) is 0 Å². The minimum Gasteiger partial charge on any atom is -0.327 e. The highest BCUT2D eigenvalue weighted by Crippen LogP contribution is 2.26. The van der Waals surface area contributed by atoms with Gasteiger partial charge in [-0.05, 0) is 56.9 Å². The monoisotopic (exact) mass is 234 g/mol. The molecule has 0 aliphatic rings. The van der Waals surface area contributed by atoms with Gasteiger partial charge < -0.3 is 11.1 Å². The second kappa shape index (κ2) is 5.32. The lowest BCUT2D eigenvalue weighted by Gasteiger charge is -2.16. The second-order valence-corrected chi connectivity index (χ2v) is 4.86. The van der Waals surface area contributed by atoms with Crippen molar-refractivity contribution in [3.8, 4) is 0 Å². The zero-order chi connectivity index (χ0) is 13.2. The minimum absolute atomic E-state index is 0.0174. The van der Waals surface area contributed by atoms with Crippen LogP contribution in [0.2, 0.25) is 0 Å². The molecule has 0 saturated heterocycles. The number of amides is 1. The highest BCUT2D eigenvalue weighted by molar-refractivity contribution is 5.93. The number of rotatable bonds is 3. The Bertz CT molecular complexity index is 410. The van der Waals surface area contributed by atoms with Gasteiger partial charge in [0.2, 0.25) is 5.91 Å². The first-order chi connectivity index (χ1) is 7.82. The maximum atomic E-state index is 11.8. The van der Waals surface area contributed by atoms with Crippen LogP contribution in [0, 0.1) is 27.7 Å². The largest absolute Gasteiger partial charge is 0.327 e. The van der Waals surface area contributed by atoms with E-state index >= 15 is 0 Å². The van der Waals surface area contributed by atoms with E-state index in [4.69, 9.17) is 5.73 Å². The molecule has 1 amide bonds. The molecule has 0 saturated carbocycles. The molecule has 1 atom stereocenters. The Hall–Kier alpha value is -1.35. The molecule has 0 heterocycles. The van der Waals surface area contributed by atoms with Crippen LogP contribution >= 0.6 is 0 Å². The molecule has 1 unspecified atom stereocenters. The van der Waals surface area contributed by atoms with Gasteiger partial charge >= 0.3 is 0 Å². The van der Waals surface area contributed by atoms with Crippen molar-refractivity contribution in [2.24, 2.45) is 5.73 Å². The number of hydrogen-bond donors (Lipinski definition) is 2. The van der Waals surface area contributed by atoms with Gasteiger partial charge in [0, 0.05) is 18.2 Å². The molecule has 0 bridgehead atoms. The Kier molecular flexibility index (Phi) is 4.29. The van der Waals surface area contributed by atoms with E-state index < -0.39 is 0 Å². The molecule has 1 aromatic carbocycles. The molecule has 0 spiro atoms. The summed E-state index contributed by atoms with van der Waals surface area (Å²) in [4.78, 5) is 11.8. The van der Waals surface area contributed by atoms with Crippen molar-refractivity contribution in [1.82, 2.24) is 0 Å². The molecule has 3 N–H and O–H groups in total. The van der Waals surface area contributed by atoms with Crippen LogP contribution in [-0.4, -0.2) is 11.9 Å². The molecule has 0 radical (unpaired) electrons. The Morgan fingerprint density at radius 1 is 1.24 bits per heavy atom. The maximum Gasteiger partial charge on any atom is 0.225 e. The van der Waals surface area contributed by atoms with Gasteiger partial charge in [-0.25, -0.2) is 0 Å². The van der Waals surface area contributed by atoms with Gasteiger partial charge in [0.15, 0.2) is 0 Å². The number of hydrogen-bond acceptors (Lipinski definition) is 2. The number of carbonyl (C=O) groups excluding carboxylic acids is 1. The second-order valence-electron chi connectivity index (χ2n) is 4.86. The van der Waals surface area contributed by atoms with Crippen molar-refractivity contribution in [3.63, 3.8) is 0 Å². The highest BCUT2D eigenvalue weighted by atomic mass is 16.1. The van der Waals surface area contributed by atoms with Crippen molar-refractivity contribution in [2.75, 3.05) is 5.32 Å². The fourth-order valence-electron chi connectivity index (χ4n) is 1.89. The van der Waals surface area contributed by atoms with Gasteiger partial charge in [-0.1, -0.05) is 6.07 Å². The first-order valence-electron chi connectivity index (χ1n) is 5.95. The van der Waals surface area contributed by atoms with E-state index in [0.29, 0.717) is 6.42 Å². The topological polar surface area (TPSA) is 55.1 Å². The number of nitrogens with two attached hydrogens (primary N) is 1. The van der Waals surface area contributed by atoms with Crippen LogP contribution in [0.15, 0.2) is 6.07 Å². The Morgan fingerprint density at radius 3 is 2.12 bits per heavy atom. The molecule has 94 valence electrons. The molecular weight excluding hydrogens is 212 g/mol. The molecular formula is C14H22N2O. The fraction of sp³-hybridized carbons (Fsp3) is 0.500. The maximum absolute atomic E-state index is 11.8. The van der Waals surface area contributed by atoms with Crippen molar-refractivity contribution in [2.45, 2.75) is 47.1 Å². The molecule has 0 aliphatic carbocycles. The lowest BCUT2D eigenvalue weighted by Crippen LogP contribution is -2.24. The zero-order valence-electron chi connectivity index (χ0n) is 11.3. The molecule has 0 fully saturated rings. The van der Waals surface area contributed by atoms with E-state index in [9.17, 15) is 4.79 Å². The van der Waals surface area contributed by atoms with E-state index in [-0.39, 0.29) is 11.9 Å². The first-order valence-corrected chi connectivity index (χ1v) is 5.95. The zero-order valence-corrected chi connectivity index (χ0v) is 11.3. The van der Waals surface area contributed by atoms with E-state index in [1.54, 1.807) is 0 Å². The molecule has 1 aromatic rings. The molecule has 0 aromatic heterocycles. The molecule has 1 rings (SSSR count). The molecule has 0 aliphatic heterocycles. The predicted molar refractivity (Wildman–Crippen MR) is 72.3 cm³/mol. The SMILES string of the molecule is Cc1cc(C)c(C)c(NC(=O)CC(C)N)c1C. The molecule has 3 nitrogen and oxygen atoms in total. The number of carbonyl (C=O) groups is 1. The van der Waals surface area contributed by atoms with Gasteiger partial charge in [-0.3, -0.25) is 4.79 Å². The normalized spacial score (nSPS) is 12.4. The average Bonchev–Trinajstić information content (AvgIpc) is 2.20. The van der Waals surface area contributed by atoms with Crippen LogP contribution < -0.4 is 11.1 Å². The van der Waals surface area contributed by atoms with Crippen molar-refractivity contribution in [1.29, 1.82) is 0 Å². The fourth-order valence-corrected chi connectivity index (χ4v) is 1.89. The van der Waals surface area contributed by atoms with Crippen LogP contribution in [0.4, 0.5) is 5.69 Å². The summed E-state index contributed by atoms with van der Waals surface area (Å²) < 4.78 is 0. The van der Waals surface area contributed by atoms with Gasteiger partial charge in [0.25, 0.3) is 0 Å². The Balaban J connectivity index is 3.02. The smallest absolute Gasteiger partial charge is 0.225 e. The summed E-state index contributed by atoms with van der Waals surface area (Å²) in [6.45, 7) is 10.0. The standard InChI is InChI=1S/C14H22N2O/c1-8-6-9(2)12(5)14(11(8)4)16-13(17)7-10(3)15/h6,10H,7,15H2,1-5H3,(H,16,17). The third-order valence-corrected chi connectivity index (χ3v) is 3.14. The van der Waals surface area contributed by atoms with Crippen LogP contribution in [0.25, 0.3) is 0 Å². The number of anilines is 1. The first kappa shape index (κ1) is 13.7. The summed E-state index contributed by atoms with van der Waals surface area (Å²) in [5.41, 5.74) is 11.2. The molecule has 3 heteroatoms. The summed E-state index contributed by atoms with van der Waals surface area (Å²) in [7, 11) is 0. The van der Waals surface area contributed by atoms with Crippen LogP contribution in [0.3, 0.4) is 0 Å². The van der Waals surface area contributed by atoms with Crippen LogP contribution in [0.1, 0.15) is 35.6 Å². The number of nitrogens with one attached hydrogen (secondary N) is 1. The van der Waals surface area contributed by atoms with Crippen molar-refractivity contribution < 1.29 is 4.79 Å². The highest BCUT2D eigenvalue weighted by Gasteiger charge is 2.12. The van der Waals surface area contributed by atoms with Gasteiger partial charge in [-0.15, -0.1) is 0 Å². The Morgan fingerprint density at radius 2 is 1.71 bits per heavy atom. The van der Waals surface area contributed by atoms with E-state index in [1.165, 1.54) is 11.1 Å². The molecule has 17 heavy (non-hydrogen) atoms. The number of benzene rings is 1. The van der Waals surface area contributed by atoms with Crippen LogP contribution in [-0.2, 0) is 4.79 Å². The lowest BCUT2D eigenvalue weighted by atomic mass is 9.98. The van der Waals surface area contributed by atoms with Gasteiger partial charge in [-0.2, -0.15) is 0 Å². The van der Waals surface area contributed by atoms with E-state index in [1.807, 2.05) is 20.8 Å². The summed E-state index contributed by atoms with van der Waals surface area (Å²) in [5, 5.41) is 2.97. The quantitative estimate of drug-likeness (QED) is 0.844. The summed E-state index contributed by atoms with van der Waals surface area (Å²) in [5.74, 6) is -0.0174. The third kappa shape index (κ3) is 3.30. The summed E-state index contributed by atoms with van der Waals surface area (Å²) >= 11 is 0. The van der Waals surface area contributed by atoms with Crippen LogP contribution in [0.5, 0.6) is 0 Å². The van der Waals surface area contributed by atoms with Gasteiger partial charge in [0.05, 0.1) is 0 Å². The van der Waals surface area contributed by atoms with Crippen molar-refractivity contribution >= 4 is 11.6 Å².